The van der Waals surface area contributed by atoms with Crippen molar-refractivity contribution in [3.8, 4) is 5.19 Å². The van der Waals surface area contributed by atoms with Gasteiger partial charge in [-0.1, -0.05) is 22.9 Å². The lowest BCUT2D eigenvalue weighted by Crippen LogP contribution is -2.15. The van der Waals surface area contributed by atoms with E-state index in [-0.39, 0.29) is 11.8 Å². The van der Waals surface area contributed by atoms with E-state index >= 15 is 0 Å². The van der Waals surface area contributed by atoms with Gasteiger partial charge in [0.2, 0.25) is 0 Å². The van der Waals surface area contributed by atoms with Crippen LogP contribution in [0.2, 0.25) is 5.15 Å². The minimum Gasteiger partial charge on any atom is -0.473 e. The Morgan fingerprint density at radius 1 is 1.64 bits per heavy atom. The second-order valence-corrected chi connectivity index (χ2v) is 4.78. The average molecular weight is 259 g/mol. The molecule has 1 aromatic rings. The van der Waals surface area contributed by atoms with Crippen molar-refractivity contribution in [3.05, 3.63) is 10.0 Å². The number of nitrogens with zero attached hydrogens (tertiary/aromatic N) is 1. The molecule has 0 aliphatic heterocycles. The fraction of sp³-hybridized carbons (Fsp3) is 0.400. The molecule has 0 saturated carbocycles. The van der Waals surface area contributed by atoms with Crippen molar-refractivity contribution >= 4 is 33.2 Å². The van der Waals surface area contributed by atoms with Crippen molar-refractivity contribution in [2.24, 2.45) is 5.14 Å². The molecule has 0 aliphatic rings. The predicted octanol–water partition coefficient (Wildman–Crippen LogP) is 0.525. The molecule has 0 atom stereocenters. The average Bonchev–Trinajstić information content (AvgIpc) is 2.42. The molecule has 80 valence electrons. The van der Waals surface area contributed by atoms with Gasteiger partial charge in [0, 0.05) is 0 Å². The van der Waals surface area contributed by atoms with Crippen LogP contribution in [0, 0.1) is 0 Å². The summed E-state index contributed by atoms with van der Waals surface area (Å²) in [5.74, 6) is 0. The highest BCUT2D eigenvalue weighted by atomic mass is 35.5. The summed E-state index contributed by atoms with van der Waals surface area (Å²) in [5.41, 5.74) is 0. The fourth-order valence-corrected chi connectivity index (χ4v) is 1.96. The highest BCUT2D eigenvalue weighted by Crippen LogP contribution is 2.28. The summed E-state index contributed by atoms with van der Waals surface area (Å²) in [7, 11) is -2.53. The van der Waals surface area contributed by atoms with Gasteiger partial charge in [0.25, 0.3) is 5.19 Å². The second-order valence-electron chi connectivity index (χ2n) is 2.15. The molecule has 0 bridgehead atoms. The third-order valence-electron chi connectivity index (χ3n) is 1.16. The van der Waals surface area contributed by atoms with E-state index in [4.69, 9.17) is 16.3 Å². The fourth-order valence-electron chi connectivity index (χ4n) is 0.625. The van der Waals surface area contributed by atoms with Crippen LogP contribution in [0.25, 0.3) is 0 Å². The minimum absolute atomic E-state index is 0.149. The number of hydrogen-bond acceptors (Lipinski definition) is 6. The van der Waals surface area contributed by atoms with Gasteiger partial charge in [-0.15, -0.1) is 0 Å². The Kier molecular flexibility index (Phi) is 3.67. The zero-order valence-electron chi connectivity index (χ0n) is 7.06. The molecule has 0 radical (unpaired) electrons. The van der Waals surface area contributed by atoms with Gasteiger partial charge in [-0.25, -0.2) is 5.14 Å². The van der Waals surface area contributed by atoms with Crippen molar-refractivity contribution in [1.82, 2.24) is 4.98 Å². The molecule has 0 unspecified atom stereocenters. The Bertz CT molecular complexity index is 415. The normalized spacial score (nSPS) is 11.6. The van der Waals surface area contributed by atoms with Gasteiger partial charge in [-0.3, -0.25) is 4.18 Å². The molecular weight excluding hydrogens is 252 g/mol. The first kappa shape index (κ1) is 11.7. The third-order valence-corrected chi connectivity index (χ3v) is 3.02. The maximum absolute atomic E-state index is 10.5. The molecule has 1 aromatic heterocycles. The summed E-state index contributed by atoms with van der Waals surface area (Å²) < 4.78 is 30.0. The van der Waals surface area contributed by atoms with Crippen molar-refractivity contribution in [1.29, 1.82) is 0 Å². The van der Waals surface area contributed by atoms with Crippen molar-refractivity contribution in [3.63, 3.8) is 0 Å². The summed E-state index contributed by atoms with van der Waals surface area (Å²) in [5, 5.41) is 5.12. The van der Waals surface area contributed by atoms with E-state index in [1.807, 2.05) is 0 Å². The molecular formula is C5H7ClN2O4S2. The Morgan fingerprint density at radius 3 is 2.71 bits per heavy atom. The first-order valence-electron chi connectivity index (χ1n) is 3.28. The molecule has 2 N–H and O–H groups in total. The summed E-state index contributed by atoms with van der Waals surface area (Å²) in [6.07, 6.45) is 0. The van der Waals surface area contributed by atoms with Crippen LogP contribution in [-0.4, -0.2) is 20.5 Å². The van der Waals surface area contributed by atoms with Gasteiger partial charge in [0.05, 0.1) is 12.0 Å². The molecule has 0 saturated heterocycles. The van der Waals surface area contributed by atoms with Crippen molar-refractivity contribution < 1.29 is 17.3 Å². The van der Waals surface area contributed by atoms with E-state index in [0.29, 0.717) is 10.1 Å². The maximum atomic E-state index is 10.5. The Balaban J connectivity index is 2.72. The number of nitrogens with two attached hydrogens (primary N) is 1. The summed E-state index contributed by atoms with van der Waals surface area (Å²) in [6, 6.07) is 0. The highest BCUT2D eigenvalue weighted by Gasteiger charge is 2.12. The van der Waals surface area contributed by atoms with Crippen LogP contribution in [0.4, 0.5) is 0 Å². The van der Waals surface area contributed by atoms with Crippen LogP contribution >= 0.6 is 22.9 Å². The van der Waals surface area contributed by atoms with Gasteiger partial charge in [0.15, 0.2) is 0 Å². The standard InChI is InChI=1S/C5H7ClN2O4S2/c1-11-5-8-4(6)3(13-5)2-12-14(7,9)10/h2H2,1H3,(H2,7,9,10). The summed E-state index contributed by atoms with van der Waals surface area (Å²) in [4.78, 5) is 4.22. The summed E-state index contributed by atoms with van der Waals surface area (Å²) in [6.45, 7) is -0.237. The maximum Gasteiger partial charge on any atom is 0.333 e. The molecule has 0 spiro atoms. The van der Waals surface area contributed by atoms with Gasteiger partial charge < -0.3 is 4.74 Å². The van der Waals surface area contributed by atoms with Crippen LogP contribution in [0.15, 0.2) is 0 Å². The number of rotatable bonds is 4. The number of halogens is 1. The smallest absolute Gasteiger partial charge is 0.333 e. The Hall–Kier alpha value is -0.410. The van der Waals surface area contributed by atoms with E-state index in [9.17, 15) is 8.42 Å². The van der Waals surface area contributed by atoms with Crippen LogP contribution in [0.5, 0.6) is 5.19 Å². The SMILES string of the molecule is COc1nc(Cl)c(COS(N)(=O)=O)s1. The summed E-state index contributed by atoms with van der Waals surface area (Å²) >= 11 is 6.75. The van der Waals surface area contributed by atoms with Crippen LogP contribution in [-0.2, 0) is 21.1 Å². The number of methoxy groups -OCH3 is 1. The quantitative estimate of drug-likeness (QED) is 0.850. The number of hydrogen-bond donors (Lipinski definition) is 1. The molecule has 1 rings (SSSR count). The largest absolute Gasteiger partial charge is 0.473 e. The second kappa shape index (κ2) is 4.41. The van der Waals surface area contributed by atoms with E-state index < -0.39 is 10.3 Å². The predicted molar refractivity (Wildman–Crippen MR) is 51.6 cm³/mol. The Morgan fingerprint density at radius 2 is 2.29 bits per heavy atom. The third kappa shape index (κ3) is 3.39. The molecule has 14 heavy (non-hydrogen) atoms. The van der Waals surface area contributed by atoms with Crippen LogP contribution in [0.3, 0.4) is 0 Å². The van der Waals surface area contributed by atoms with Gasteiger partial charge >= 0.3 is 10.3 Å². The van der Waals surface area contributed by atoms with Crippen molar-refractivity contribution in [2.45, 2.75) is 6.61 Å². The zero-order valence-corrected chi connectivity index (χ0v) is 9.45. The van der Waals surface area contributed by atoms with Crippen LogP contribution in [0.1, 0.15) is 4.88 Å². The first-order chi connectivity index (χ1) is 6.42. The highest BCUT2D eigenvalue weighted by molar-refractivity contribution is 7.84. The minimum atomic E-state index is -3.96. The van der Waals surface area contributed by atoms with E-state index in [0.717, 1.165) is 11.3 Å². The van der Waals surface area contributed by atoms with Crippen LogP contribution < -0.4 is 9.88 Å². The topological polar surface area (TPSA) is 91.5 Å². The molecule has 0 aliphatic carbocycles. The van der Waals surface area contributed by atoms with E-state index in [2.05, 4.69) is 14.3 Å². The molecule has 6 nitrogen and oxygen atoms in total. The molecule has 1 heterocycles. The lowest BCUT2D eigenvalue weighted by Gasteiger charge is -1.96. The number of aromatic nitrogens is 1. The molecule has 0 fully saturated rings. The van der Waals surface area contributed by atoms with Gasteiger partial charge in [-0.2, -0.15) is 13.4 Å². The van der Waals surface area contributed by atoms with Gasteiger partial charge in [-0.05, 0) is 0 Å². The van der Waals surface area contributed by atoms with E-state index in [1.54, 1.807) is 0 Å². The lowest BCUT2D eigenvalue weighted by molar-refractivity contribution is 0.311. The zero-order chi connectivity index (χ0) is 10.8. The molecule has 9 heteroatoms. The molecule has 0 amide bonds. The van der Waals surface area contributed by atoms with Gasteiger partial charge in [0.1, 0.15) is 11.8 Å². The van der Waals surface area contributed by atoms with Crippen molar-refractivity contribution in [2.75, 3.05) is 7.11 Å². The first-order valence-corrected chi connectivity index (χ1v) is 5.95. The monoisotopic (exact) mass is 258 g/mol. The number of thiazole rings is 1. The van der Waals surface area contributed by atoms with E-state index in [1.165, 1.54) is 7.11 Å². The number of ether oxygens (including phenoxy) is 1. The Labute approximate surface area is 89.9 Å². The lowest BCUT2D eigenvalue weighted by atomic mass is 10.6. The molecule has 0 aromatic carbocycles.